The number of benzene rings is 3. The summed E-state index contributed by atoms with van der Waals surface area (Å²) in [7, 11) is -4.25. The van der Waals surface area contributed by atoms with Crippen LogP contribution in [0.5, 0.6) is 5.75 Å². The summed E-state index contributed by atoms with van der Waals surface area (Å²) in [6, 6.07) is 16.1. The highest BCUT2D eigenvalue weighted by molar-refractivity contribution is 7.92. The van der Waals surface area contributed by atoms with Crippen molar-refractivity contribution in [3.05, 3.63) is 78.4 Å². The highest BCUT2D eigenvalue weighted by Gasteiger charge is 2.19. The third-order valence-corrected chi connectivity index (χ3v) is 5.69. The second-order valence-electron chi connectivity index (χ2n) is 6.60. The van der Waals surface area contributed by atoms with Gasteiger partial charge in [-0.1, -0.05) is 36.4 Å². The predicted octanol–water partition coefficient (Wildman–Crippen LogP) is 4.68. The molecule has 31 heavy (non-hydrogen) atoms. The van der Waals surface area contributed by atoms with Crippen molar-refractivity contribution in [3.8, 4) is 16.9 Å². The SMILES string of the molecule is O=C(O)CCCOc1ccc(S(=O)(=O)Nc2ccc(-c3ccccc3)cc2F)cc1F. The molecule has 0 heterocycles. The first-order valence-corrected chi connectivity index (χ1v) is 10.8. The zero-order valence-corrected chi connectivity index (χ0v) is 17.0. The number of carboxylic acids is 1. The van der Waals surface area contributed by atoms with Crippen molar-refractivity contribution in [2.45, 2.75) is 17.7 Å². The van der Waals surface area contributed by atoms with Gasteiger partial charge in [0.05, 0.1) is 17.2 Å². The van der Waals surface area contributed by atoms with E-state index in [0.717, 1.165) is 23.8 Å². The third-order valence-electron chi connectivity index (χ3n) is 4.33. The summed E-state index contributed by atoms with van der Waals surface area (Å²) in [5.41, 5.74) is 1.09. The van der Waals surface area contributed by atoms with E-state index in [0.29, 0.717) is 5.56 Å². The van der Waals surface area contributed by atoms with Crippen molar-refractivity contribution in [1.82, 2.24) is 0 Å². The first-order chi connectivity index (χ1) is 14.8. The summed E-state index contributed by atoms with van der Waals surface area (Å²) in [6.07, 6.45) is 0.0429. The summed E-state index contributed by atoms with van der Waals surface area (Å²) in [5.74, 6) is -2.91. The lowest BCUT2D eigenvalue weighted by Gasteiger charge is -2.12. The minimum atomic E-state index is -4.25. The Morgan fingerprint density at radius 2 is 1.68 bits per heavy atom. The van der Waals surface area contributed by atoms with Crippen LogP contribution in [-0.4, -0.2) is 26.1 Å². The maximum atomic E-state index is 14.5. The molecule has 9 heteroatoms. The fourth-order valence-electron chi connectivity index (χ4n) is 2.78. The van der Waals surface area contributed by atoms with Crippen LogP contribution in [-0.2, 0) is 14.8 Å². The van der Waals surface area contributed by atoms with Gasteiger partial charge in [0.2, 0.25) is 0 Å². The summed E-state index contributed by atoms with van der Waals surface area (Å²) < 4.78 is 61.1. The van der Waals surface area contributed by atoms with Crippen LogP contribution in [0.2, 0.25) is 0 Å². The van der Waals surface area contributed by atoms with E-state index in [1.807, 2.05) is 6.07 Å². The van der Waals surface area contributed by atoms with E-state index in [1.165, 1.54) is 12.1 Å². The molecule has 3 aromatic rings. The monoisotopic (exact) mass is 447 g/mol. The molecule has 0 aliphatic carbocycles. The van der Waals surface area contributed by atoms with Gasteiger partial charge in [0.1, 0.15) is 5.82 Å². The molecule has 3 aromatic carbocycles. The molecule has 0 amide bonds. The van der Waals surface area contributed by atoms with Crippen LogP contribution < -0.4 is 9.46 Å². The van der Waals surface area contributed by atoms with Gasteiger partial charge in [-0.2, -0.15) is 0 Å². The number of halogens is 2. The van der Waals surface area contributed by atoms with Crippen LogP contribution in [0.3, 0.4) is 0 Å². The molecule has 0 bridgehead atoms. The number of sulfonamides is 1. The normalized spacial score (nSPS) is 11.2. The zero-order chi connectivity index (χ0) is 22.4. The van der Waals surface area contributed by atoms with Crippen molar-refractivity contribution >= 4 is 21.7 Å². The van der Waals surface area contributed by atoms with Crippen LogP contribution in [0.25, 0.3) is 11.1 Å². The van der Waals surface area contributed by atoms with E-state index >= 15 is 0 Å². The van der Waals surface area contributed by atoms with Gasteiger partial charge in [-0.3, -0.25) is 9.52 Å². The van der Waals surface area contributed by atoms with Crippen LogP contribution >= 0.6 is 0 Å². The van der Waals surface area contributed by atoms with Crippen molar-refractivity contribution in [3.63, 3.8) is 0 Å². The minimum absolute atomic E-state index is 0.0352. The maximum Gasteiger partial charge on any atom is 0.303 e. The Kier molecular flexibility index (Phi) is 6.86. The molecule has 0 saturated heterocycles. The van der Waals surface area contributed by atoms with Gasteiger partial charge >= 0.3 is 5.97 Å². The van der Waals surface area contributed by atoms with Gasteiger partial charge in [-0.25, -0.2) is 17.2 Å². The molecular formula is C22H19F2NO5S. The minimum Gasteiger partial charge on any atom is -0.491 e. The van der Waals surface area contributed by atoms with E-state index < -0.39 is 32.5 Å². The van der Waals surface area contributed by atoms with Crippen LogP contribution in [0, 0.1) is 11.6 Å². The number of nitrogens with one attached hydrogen (secondary N) is 1. The number of ether oxygens (including phenoxy) is 1. The smallest absolute Gasteiger partial charge is 0.303 e. The molecule has 6 nitrogen and oxygen atoms in total. The van der Waals surface area contributed by atoms with Gasteiger partial charge in [0.25, 0.3) is 10.0 Å². The number of aliphatic carboxylic acids is 1. The largest absolute Gasteiger partial charge is 0.491 e. The number of hydrogen-bond donors (Lipinski definition) is 2. The van der Waals surface area contributed by atoms with E-state index in [9.17, 15) is 22.0 Å². The Morgan fingerprint density at radius 1 is 0.935 bits per heavy atom. The maximum absolute atomic E-state index is 14.5. The fraction of sp³-hybridized carbons (Fsp3) is 0.136. The molecule has 0 saturated carbocycles. The topological polar surface area (TPSA) is 92.7 Å². The number of carbonyl (C=O) groups is 1. The Hall–Kier alpha value is -3.46. The van der Waals surface area contributed by atoms with Gasteiger partial charge < -0.3 is 9.84 Å². The van der Waals surface area contributed by atoms with Crippen LogP contribution in [0.4, 0.5) is 14.5 Å². The average molecular weight is 447 g/mol. The van der Waals surface area contributed by atoms with Crippen LogP contribution in [0.15, 0.2) is 71.6 Å². The molecule has 0 aromatic heterocycles. The molecule has 2 N–H and O–H groups in total. The van der Waals surface area contributed by atoms with Crippen molar-refractivity contribution in [2.24, 2.45) is 0 Å². The standard InChI is InChI=1S/C22H19F2NO5S/c23-18-13-16(15-5-2-1-3-6-15)8-10-20(18)25-31(28,29)17-9-11-21(19(24)14-17)30-12-4-7-22(26)27/h1-3,5-6,8-11,13-14,25H,4,7,12H2,(H,26,27). The van der Waals surface area contributed by atoms with Gasteiger partial charge in [-0.15, -0.1) is 0 Å². The lowest BCUT2D eigenvalue weighted by atomic mass is 10.1. The van der Waals surface area contributed by atoms with Crippen molar-refractivity contribution in [2.75, 3.05) is 11.3 Å². The molecule has 0 radical (unpaired) electrons. The summed E-state index contributed by atoms with van der Waals surface area (Å²) in [6.45, 7) is -0.0352. The van der Waals surface area contributed by atoms with Gasteiger partial charge in [-0.05, 0) is 47.9 Å². The highest BCUT2D eigenvalue weighted by Crippen LogP contribution is 2.27. The molecule has 0 aliphatic heterocycles. The number of anilines is 1. The Bertz CT molecular complexity index is 1180. The highest BCUT2D eigenvalue weighted by atomic mass is 32.2. The van der Waals surface area contributed by atoms with Gasteiger partial charge in [0.15, 0.2) is 11.6 Å². The van der Waals surface area contributed by atoms with Crippen molar-refractivity contribution < 1.29 is 31.8 Å². The van der Waals surface area contributed by atoms with E-state index in [2.05, 4.69) is 4.72 Å². The average Bonchev–Trinajstić information content (AvgIpc) is 2.74. The van der Waals surface area contributed by atoms with Gasteiger partial charge in [0, 0.05) is 6.42 Å². The van der Waals surface area contributed by atoms with E-state index in [1.54, 1.807) is 30.3 Å². The van der Waals surface area contributed by atoms with E-state index in [-0.39, 0.29) is 30.9 Å². The first kappa shape index (κ1) is 22.2. The second-order valence-corrected chi connectivity index (χ2v) is 8.29. The molecule has 0 atom stereocenters. The summed E-state index contributed by atoms with van der Waals surface area (Å²) in [5, 5.41) is 8.57. The predicted molar refractivity (Wildman–Crippen MR) is 111 cm³/mol. The number of carboxylic acid groups (broad SMARTS) is 1. The molecular weight excluding hydrogens is 428 g/mol. The van der Waals surface area contributed by atoms with E-state index in [4.69, 9.17) is 9.84 Å². The Balaban J connectivity index is 1.73. The lowest BCUT2D eigenvalue weighted by Crippen LogP contribution is -2.14. The second kappa shape index (κ2) is 9.57. The molecule has 162 valence electrons. The van der Waals surface area contributed by atoms with Crippen LogP contribution in [0.1, 0.15) is 12.8 Å². The first-order valence-electron chi connectivity index (χ1n) is 9.28. The summed E-state index contributed by atoms with van der Waals surface area (Å²) in [4.78, 5) is 10.1. The molecule has 0 fully saturated rings. The quantitative estimate of drug-likeness (QED) is 0.465. The molecule has 0 aliphatic rings. The lowest BCUT2D eigenvalue weighted by molar-refractivity contribution is -0.137. The third kappa shape index (κ3) is 5.79. The molecule has 3 rings (SSSR count). The zero-order valence-electron chi connectivity index (χ0n) is 16.2. The number of hydrogen-bond acceptors (Lipinski definition) is 4. The summed E-state index contributed by atoms with van der Waals surface area (Å²) >= 11 is 0. The fourth-order valence-corrected chi connectivity index (χ4v) is 3.86. The van der Waals surface area contributed by atoms with Crippen molar-refractivity contribution in [1.29, 1.82) is 0 Å². The Labute approximate surface area is 178 Å². The Morgan fingerprint density at radius 3 is 2.32 bits per heavy atom. The molecule has 0 unspecified atom stereocenters. The molecule has 0 spiro atoms. The number of rotatable bonds is 9.